The Hall–Kier alpha value is -1.07. The van der Waals surface area contributed by atoms with Crippen molar-refractivity contribution in [1.82, 2.24) is 0 Å². The number of aliphatic carboxylic acids is 1. The monoisotopic (exact) mass is 271 g/mol. The van der Waals surface area contributed by atoms with Crippen LogP contribution in [-0.4, -0.2) is 22.7 Å². The van der Waals surface area contributed by atoms with E-state index < -0.39 is 11.6 Å². The minimum Gasteiger partial charge on any atom is -0.481 e. The van der Waals surface area contributed by atoms with Gasteiger partial charge in [0.2, 0.25) is 0 Å². The highest BCUT2D eigenvalue weighted by Crippen LogP contribution is 2.38. The molecule has 3 N–H and O–H groups in total. The normalized spacial score (nSPS) is 23.3. The van der Waals surface area contributed by atoms with E-state index in [1.807, 2.05) is 12.1 Å². The van der Waals surface area contributed by atoms with Gasteiger partial charge in [-0.1, -0.05) is 15.9 Å². The number of fused-ring (bicyclic) bond motifs is 1. The van der Waals surface area contributed by atoms with Crippen molar-refractivity contribution in [2.24, 2.45) is 0 Å². The van der Waals surface area contributed by atoms with Crippen molar-refractivity contribution in [2.45, 2.75) is 12.0 Å². The quantitative estimate of drug-likeness (QED) is 0.763. The van der Waals surface area contributed by atoms with Gasteiger partial charge in [-0.05, 0) is 18.2 Å². The van der Waals surface area contributed by atoms with Crippen molar-refractivity contribution < 1.29 is 15.0 Å². The summed E-state index contributed by atoms with van der Waals surface area (Å²) in [5.41, 5.74) is 0.131. The maximum atomic E-state index is 10.7. The van der Waals surface area contributed by atoms with Crippen LogP contribution in [0.1, 0.15) is 12.0 Å². The molecule has 1 aromatic rings. The molecule has 2 rings (SSSR count). The average molecular weight is 272 g/mol. The third-order valence-electron chi connectivity index (χ3n) is 2.50. The summed E-state index contributed by atoms with van der Waals surface area (Å²) in [5.74, 6) is -1.01. The Balaban J connectivity index is 2.41. The number of anilines is 1. The number of carbonyl (C=O) groups is 1. The Morgan fingerprint density at radius 2 is 2.33 bits per heavy atom. The molecule has 0 radical (unpaired) electrons. The van der Waals surface area contributed by atoms with E-state index in [0.29, 0.717) is 5.56 Å². The molecule has 1 aliphatic rings. The second-order valence-electron chi connectivity index (χ2n) is 3.65. The summed E-state index contributed by atoms with van der Waals surface area (Å²) in [5, 5.41) is 21.9. The Morgan fingerprint density at radius 3 is 3.00 bits per heavy atom. The first-order valence-electron chi connectivity index (χ1n) is 4.49. The average Bonchev–Trinajstić information content (AvgIpc) is 2.43. The molecular formula is C10H10BrNO3. The van der Waals surface area contributed by atoms with Crippen LogP contribution in [0, 0.1) is 0 Å². The number of nitrogens with one attached hydrogen (secondary N) is 1. The molecule has 0 spiro atoms. The number of β-amino-alcohol motifs (C(OH)–C–C–N with tert-alkyl or cyclic N) is 1. The smallest absolute Gasteiger partial charge is 0.306 e. The Kier molecular flexibility index (Phi) is 2.44. The molecule has 80 valence electrons. The topological polar surface area (TPSA) is 69.6 Å². The molecule has 1 aromatic carbocycles. The van der Waals surface area contributed by atoms with Gasteiger partial charge in [-0.15, -0.1) is 0 Å². The summed E-state index contributed by atoms with van der Waals surface area (Å²) in [6.07, 6.45) is -0.288. The largest absolute Gasteiger partial charge is 0.481 e. The van der Waals surface area contributed by atoms with Crippen LogP contribution in [0.25, 0.3) is 0 Å². The molecule has 5 heteroatoms. The molecule has 1 aliphatic heterocycles. The predicted molar refractivity (Wildman–Crippen MR) is 58.8 cm³/mol. The first kappa shape index (κ1) is 10.4. The van der Waals surface area contributed by atoms with Crippen LogP contribution in [0.3, 0.4) is 0 Å². The Morgan fingerprint density at radius 1 is 1.60 bits per heavy atom. The molecule has 1 unspecified atom stereocenters. The van der Waals surface area contributed by atoms with Crippen molar-refractivity contribution in [1.29, 1.82) is 0 Å². The highest BCUT2D eigenvalue weighted by atomic mass is 79.9. The van der Waals surface area contributed by atoms with Crippen LogP contribution in [0.4, 0.5) is 5.69 Å². The van der Waals surface area contributed by atoms with Crippen molar-refractivity contribution in [3.8, 4) is 0 Å². The number of rotatable bonds is 2. The zero-order valence-electron chi connectivity index (χ0n) is 7.83. The number of carboxylic acid groups (broad SMARTS) is 1. The molecular weight excluding hydrogens is 262 g/mol. The molecule has 0 saturated carbocycles. The molecule has 4 nitrogen and oxygen atoms in total. The van der Waals surface area contributed by atoms with E-state index in [-0.39, 0.29) is 13.0 Å². The maximum Gasteiger partial charge on any atom is 0.306 e. The van der Waals surface area contributed by atoms with Gasteiger partial charge in [0, 0.05) is 22.3 Å². The van der Waals surface area contributed by atoms with Gasteiger partial charge in [0.05, 0.1) is 6.42 Å². The molecule has 1 atom stereocenters. The zero-order chi connectivity index (χ0) is 11.1. The minimum atomic E-state index is -1.30. The summed E-state index contributed by atoms with van der Waals surface area (Å²) in [6, 6.07) is 5.41. The van der Waals surface area contributed by atoms with E-state index in [0.717, 1.165) is 10.2 Å². The van der Waals surface area contributed by atoms with Crippen LogP contribution in [0.15, 0.2) is 22.7 Å². The van der Waals surface area contributed by atoms with Gasteiger partial charge < -0.3 is 15.5 Å². The molecule has 1 heterocycles. The van der Waals surface area contributed by atoms with Crippen LogP contribution < -0.4 is 5.32 Å². The van der Waals surface area contributed by atoms with E-state index in [2.05, 4.69) is 21.2 Å². The standard InChI is InChI=1S/C10H10BrNO3/c11-6-1-2-8-7(3-6)10(15,5-12-8)4-9(13)14/h1-3,12,15H,4-5H2,(H,13,14). The Bertz CT molecular complexity index is 421. The second-order valence-corrected chi connectivity index (χ2v) is 4.56. The van der Waals surface area contributed by atoms with E-state index in [1.165, 1.54) is 0 Å². The summed E-state index contributed by atoms with van der Waals surface area (Å²) >= 11 is 3.30. The molecule has 0 bridgehead atoms. The van der Waals surface area contributed by atoms with Crippen LogP contribution >= 0.6 is 15.9 Å². The Labute approximate surface area is 95.1 Å². The van der Waals surface area contributed by atoms with E-state index in [4.69, 9.17) is 5.11 Å². The molecule has 0 aromatic heterocycles. The van der Waals surface area contributed by atoms with Gasteiger partial charge in [0.1, 0.15) is 5.60 Å². The van der Waals surface area contributed by atoms with Crippen molar-refractivity contribution in [3.05, 3.63) is 28.2 Å². The molecule has 0 aliphatic carbocycles. The first-order chi connectivity index (χ1) is 7.01. The van der Waals surface area contributed by atoms with Gasteiger partial charge in [0.25, 0.3) is 0 Å². The fourth-order valence-corrected chi connectivity index (χ4v) is 2.16. The van der Waals surface area contributed by atoms with Crippen LogP contribution in [0.5, 0.6) is 0 Å². The highest BCUT2D eigenvalue weighted by molar-refractivity contribution is 9.10. The second kappa shape index (κ2) is 3.50. The fourth-order valence-electron chi connectivity index (χ4n) is 1.80. The molecule has 0 saturated heterocycles. The zero-order valence-corrected chi connectivity index (χ0v) is 9.41. The minimum absolute atomic E-state index is 0.241. The van der Waals surface area contributed by atoms with Crippen molar-refractivity contribution >= 4 is 27.6 Å². The number of benzene rings is 1. The van der Waals surface area contributed by atoms with E-state index >= 15 is 0 Å². The van der Waals surface area contributed by atoms with Gasteiger partial charge in [0.15, 0.2) is 0 Å². The molecule has 15 heavy (non-hydrogen) atoms. The van der Waals surface area contributed by atoms with Crippen molar-refractivity contribution in [2.75, 3.05) is 11.9 Å². The van der Waals surface area contributed by atoms with E-state index in [1.54, 1.807) is 6.07 Å². The van der Waals surface area contributed by atoms with Gasteiger partial charge >= 0.3 is 5.97 Å². The lowest BCUT2D eigenvalue weighted by atomic mass is 9.93. The number of carboxylic acids is 1. The molecule has 0 amide bonds. The highest BCUT2D eigenvalue weighted by Gasteiger charge is 2.38. The maximum absolute atomic E-state index is 10.7. The summed E-state index contributed by atoms with van der Waals surface area (Å²) < 4.78 is 0.828. The third kappa shape index (κ3) is 1.85. The lowest BCUT2D eigenvalue weighted by Gasteiger charge is -2.20. The number of hydrogen-bond donors (Lipinski definition) is 3. The number of aliphatic hydroxyl groups is 1. The SMILES string of the molecule is O=C(O)CC1(O)CNc2ccc(Br)cc21. The van der Waals surface area contributed by atoms with Crippen LogP contribution in [-0.2, 0) is 10.4 Å². The lowest BCUT2D eigenvalue weighted by molar-refractivity contribution is -0.142. The first-order valence-corrected chi connectivity index (χ1v) is 5.29. The number of hydrogen-bond acceptors (Lipinski definition) is 3. The molecule has 0 fully saturated rings. The summed E-state index contributed by atoms with van der Waals surface area (Å²) in [4.78, 5) is 10.7. The van der Waals surface area contributed by atoms with Gasteiger partial charge in [-0.2, -0.15) is 0 Å². The van der Waals surface area contributed by atoms with E-state index in [9.17, 15) is 9.90 Å². The predicted octanol–water partition coefficient (Wildman–Crippen LogP) is 1.54. The number of halogens is 1. The van der Waals surface area contributed by atoms with Gasteiger partial charge in [-0.3, -0.25) is 4.79 Å². The van der Waals surface area contributed by atoms with Gasteiger partial charge in [-0.25, -0.2) is 0 Å². The summed E-state index contributed by atoms with van der Waals surface area (Å²) in [6.45, 7) is 0.241. The van der Waals surface area contributed by atoms with Crippen molar-refractivity contribution in [3.63, 3.8) is 0 Å². The lowest BCUT2D eigenvalue weighted by Crippen LogP contribution is -2.30. The fraction of sp³-hybridized carbons (Fsp3) is 0.300. The third-order valence-corrected chi connectivity index (χ3v) is 2.99. The van der Waals surface area contributed by atoms with Crippen LogP contribution in [0.2, 0.25) is 0 Å². The summed E-state index contributed by atoms with van der Waals surface area (Å²) in [7, 11) is 0.